The number of amides is 1. The molecule has 0 aromatic carbocycles. The second-order valence-corrected chi connectivity index (χ2v) is 5.80. The highest BCUT2D eigenvalue weighted by atomic mass is 35.5. The molecule has 6 nitrogen and oxygen atoms in total. The molecule has 9 heteroatoms. The van der Waals surface area contributed by atoms with Gasteiger partial charge in [0.1, 0.15) is 5.82 Å². The van der Waals surface area contributed by atoms with Crippen LogP contribution in [0.15, 0.2) is 18.3 Å². The summed E-state index contributed by atoms with van der Waals surface area (Å²) in [6, 6.07) is 4.07. The first-order valence-electron chi connectivity index (χ1n) is 8.04. The molecule has 1 fully saturated rings. The van der Waals surface area contributed by atoms with Crippen molar-refractivity contribution in [1.82, 2.24) is 15.2 Å². The standard InChI is InChI=1S/C16H27N5O.3ClH/c1-3-20-6-8-21(9-7-20)15-5-4-14(11-18-15)12-19-16(22)13(2)10-17;;;/h4-5,11,13H,3,6-10,12,17H2,1-2H3,(H,19,22);3*1H. The summed E-state index contributed by atoms with van der Waals surface area (Å²) in [6.07, 6.45) is 1.84. The number of aromatic nitrogens is 1. The predicted octanol–water partition coefficient (Wildman–Crippen LogP) is 1.70. The summed E-state index contributed by atoms with van der Waals surface area (Å²) >= 11 is 0. The Morgan fingerprint density at radius 1 is 1.24 bits per heavy atom. The average molecular weight is 415 g/mol. The van der Waals surface area contributed by atoms with E-state index in [2.05, 4.69) is 27.0 Å². The lowest BCUT2D eigenvalue weighted by Crippen LogP contribution is -2.46. The van der Waals surface area contributed by atoms with E-state index in [1.807, 2.05) is 25.3 Å². The minimum absolute atomic E-state index is 0. The van der Waals surface area contributed by atoms with Gasteiger partial charge in [-0.3, -0.25) is 4.79 Å². The van der Waals surface area contributed by atoms with Gasteiger partial charge in [-0.15, -0.1) is 37.2 Å². The molecule has 1 aromatic heterocycles. The SMILES string of the molecule is CCN1CCN(c2ccc(CNC(=O)C(C)CN)cn2)CC1.Cl.Cl.Cl. The van der Waals surface area contributed by atoms with Gasteiger partial charge < -0.3 is 20.9 Å². The Kier molecular flexibility index (Phi) is 14.2. The van der Waals surface area contributed by atoms with Crippen molar-refractivity contribution < 1.29 is 4.79 Å². The quantitative estimate of drug-likeness (QED) is 0.741. The second kappa shape index (κ2) is 13.4. The van der Waals surface area contributed by atoms with Crippen LogP contribution in [-0.2, 0) is 11.3 Å². The highest BCUT2D eigenvalue weighted by Gasteiger charge is 2.16. The third-order valence-electron chi connectivity index (χ3n) is 4.22. The zero-order chi connectivity index (χ0) is 15.9. The van der Waals surface area contributed by atoms with Gasteiger partial charge in [0.25, 0.3) is 0 Å². The summed E-state index contributed by atoms with van der Waals surface area (Å²) in [5.74, 6) is 0.852. The van der Waals surface area contributed by atoms with E-state index in [-0.39, 0.29) is 49.0 Å². The minimum Gasteiger partial charge on any atom is -0.354 e. The third-order valence-corrected chi connectivity index (χ3v) is 4.22. The van der Waals surface area contributed by atoms with Gasteiger partial charge >= 0.3 is 0 Å². The number of piperazine rings is 1. The number of likely N-dealkylation sites (N-methyl/N-ethyl adjacent to an activating group) is 1. The van der Waals surface area contributed by atoms with Crippen LogP contribution >= 0.6 is 37.2 Å². The van der Waals surface area contributed by atoms with Gasteiger partial charge in [-0.1, -0.05) is 19.9 Å². The van der Waals surface area contributed by atoms with E-state index in [1.54, 1.807) is 0 Å². The summed E-state index contributed by atoms with van der Waals surface area (Å²) < 4.78 is 0. The molecular formula is C16H30Cl3N5O. The van der Waals surface area contributed by atoms with Gasteiger partial charge in [-0.05, 0) is 18.2 Å². The molecule has 0 radical (unpaired) electrons. The Labute approximate surface area is 169 Å². The third kappa shape index (κ3) is 7.96. The number of carbonyl (C=O) groups is 1. The van der Waals surface area contributed by atoms with Crippen molar-refractivity contribution in [2.75, 3.05) is 44.2 Å². The van der Waals surface area contributed by atoms with Crippen LogP contribution < -0.4 is 16.0 Å². The van der Waals surface area contributed by atoms with Crippen molar-refractivity contribution in [1.29, 1.82) is 0 Å². The average Bonchev–Trinajstić information content (AvgIpc) is 2.59. The molecule has 1 amide bonds. The maximum Gasteiger partial charge on any atom is 0.224 e. The van der Waals surface area contributed by atoms with Crippen LogP contribution in [0.4, 0.5) is 5.82 Å². The van der Waals surface area contributed by atoms with Crippen molar-refractivity contribution in [2.24, 2.45) is 11.7 Å². The van der Waals surface area contributed by atoms with Crippen LogP contribution in [0.2, 0.25) is 0 Å². The van der Waals surface area contributed by atoms with Crippen LogP contribution in [-0.4, -0.2) is 55.1 Å². The van der Waals surface area contributed by atoms with Crippen molar-refractivity contribution in [3.05, 3.63) is 23.9 Å². The fraction of sp³-hybridized carbons (Fsp3) is 0.625. The van der Waals surface area contributed by atoms with Crippen molar-refractivity contribution >= 4 is 48.9 Å². The number of halogens is 3. The number of carbonyl (C=O) groups excluding carboxylic acids is 1. The predicted molar refractivity (Wildman–Crippen MR) is 110 cm³/mol. The molecule has 0 bridgehead atoms. The van der Waals surface area contributed by atoms with Crippen molar-refractivity contribution in [2.45, 2.75) is 20.4 Å². The van der Waals surface area contributed by atoms with E-state index in [9.17, 15) is 4.79 Å². The molecule has 1 aromatic rings. The van der Waals surface area contributed by atoms with E-state index in [0.29, 0.717) is 13.1 Å². The summed E-state index contributed by atoms with van der Waals surface area (Å²) in [6.45, 7) is 10.2. The van der Waals surface area contributed by atoms with Crippen LogP contribution in [0, 0.1) is 5.92 Å². The van der Waals surface area contributed by atoms with Gasteiger partial charge in [0.15, 0.2) is 0 Å². The molecule has 1 saturated heterocycles. The van der Waals surface area contributed by atoms with Crippen LogP contribution in [0.5, 0.6) is 0 Å². The first-order valence-corrected chi connectivity index (χ1v) is 8.04. The van der Waals surface area contributed by atoms with Crippen molar-refractivity contribution in [3.63, 3.8) is 0 Å². The number of nitrogens with two attached hydrogens (primary N) is 1. The summed E-state index contributed by atoms with van der Waals surface area (Å²) in [5.41, 5.74) is 6.49. The zero-order valence-corrected chi connectivity index (χ0v) is 17.3. The fourth-order valence-corrected chi connectivity index (χ4v) is 2.47. The number of nitrogens with zero attached hydrogens (tertiary/aromatic N) is 3. The topological polar surface area (TPSA) is 74.5 Å². The molecule has 3 N–H and O–H groups in total. The van der Waals surface area contributed by atoms with E-state index in [4.69, 9.17) is 5.73 Å². The number of pyridine rings is 1. The smallest absolute Gasteiger partial charge is 0.224 e. The van der Waals surface area contributed by atoms with Gasteiger partial charge in [0.05, 0.1) is 0 Å². The molecule has 146 valence electrons. The molecule has 0 aliphatic carbocycles. The molecule has 0 spiro atoms. The highest BCUT2D eigenvalue weighted by molar-refractivity contribution is 5.86. The van der Waals surface area contributed by atoms with E-state index >= 15 is 0 Å². The summed E-state index contributed by atoms with van der Waals surface area (Å²) in [7, 11) is 0. The maximum atomic E-state index is 11.7. The molecule has 1 unspecified atom stereocenters. The number of nitrogens with one attached hydrogen (secondary N) is 1. The van der Waals surface area contributed by atoms with Crippen LogP contribution in [0.1, 0.15) is 19.4 Å². The van der Waals surface area contributed by atoms with E-state index in [1.165, 1.54) is 0 Å². The van der Waals surface area contributed by atoms with Gasteiger partial charge in [-0.25, -0.2) is 4.98 Å². The summed E-state index contributed by atoms with van der Waals surface area (Å²) in [5, 5.41) is 2.88. The molecule has 1 aliphatic rings. The van der Waals surface area contributed by atoms with E-state index in [0.717, 1.165) is 44.1 Å². The normalized spacial score (nSPS) is 15.2. The van der Waals surface area contributed by atoms with Crippen LogP contribution in [0.25, 0.3) is 0 Å². The molecule has 1 aliphatic heterocycles. The maximum absolute atomic E-state index is 11.7. The lowest BCUT2D eigenvalue weighted by atomic mass is 10.1. The first-order chi connectivity index (χ1) is 10.6. The largest absolute Gasteiger partial charge is 0.354 e. The molecular weight excluding hydrogens is 385 g/mol. The van der Waals surface area contributed by atoms with Gasteiger partial charge in [0.2, 0.25) is 5.91 Å². The number of rotatable bonds is 6. The second-order valence-electron chi connectivity index (χ2n) is 5.80. The zero-order valence-electron chi connectivity index (χ0n) is 14.8. The molecule has 0 saturated carbocycles. The van der Waals surface area contributed by atoms with Gasteiger partial charge in [-0.2, -0.15) is 0 Å². The molecule has 2 rings (SSSR count). The lowest BCUT2D eigenvalue weighted by molar-refractivity contribution is -0.124. The minimum atomic E-state index is -0.151. The lowest BCUT2D eigenvalue weighted by Gasteiger charge is -2.34. The van der Waals surface area contributed by atoms with Crippen molar-refractivity contribution in [3.8, 4) is 0 Å². The molecule has 25 heavy (non-hydrogen) atoms. The first kappa shape index (κ1) is 26.4. The Bertz CT molecular complexity index is 481. The van der Waals surface area contributed by atoms with Gasteiger partial charge in [0, 0.05) is 51.4 Å². The highest BCUT2D eigenvalue weighted by Crippen LogP contribution is 2.14. The monoisotopic (exact) mass is 413 g/mol. The number of hydrogen-bond acceptors (Lipinski definition) is 5. The Morgan fingerprint density at radius 2 is 1.88 bits per heavy atom. The summed E-state index contributed by atoms with van der Waals surface area (Å²) in [4.78, 5) is 21.0. The Hall–Kier alpha value is -0.790. The number of hydrogen-bond donors (Lipinski definition) is 2. The molecule has 2 heterocycles. The fourth-order valence-electron chi connectivity index (χ4n) is 2.47. The Balaban J connectivity index is 0. The van der Waals surface area contributed by atoms with E-state index < -0.39 is 0 Å². The molecule has 1 atom stereocenters. The number of anilines is 1. The Morgan fingerprint density at radius 3 is 2.36 bits per heavy atom. The van der Waals surface area contributed by atoms with Crippen LogP contribution in [0.3, 0.4) is 0 Å².